The van der Waals surface area contributed by atoms with E-state index in [0.717, 1.165) is 0 Å². The summed E-state index contributed by atoms with van der Waals surface area (Å²) in [6.45, 7) is 0.694. The highest BCUT2D eigenvalue weighted by Crippen LogP contribution is 2.31. The van der Waals surface area contributed by atoms with Crippen LogP contribution in [-0.4, -0.2) is 54.5 Å². The van der Waals surface area contributed by atoms with Gasteiger partial charge in [-0.05, 0) is 25.0 Å². The maximum atomic E-state index is 13.0. The zero-order chi connectivity index (χ0) is 18.1. The highest BCUT2D eigenvalue weighted by Gasteiger charge is 2.44. The van der Waals surface area contributed by atoms with Crippen LogP contribution in [0.4, 0.5) is 0 Å². The Labute approximate surface area is 149 Å². The van der Waals surface area contributed by atoms with E-state index in [1.807, 2.05) is 6.07 Å². The van der Waals surface area contributed by atoms with E-state index >= 15 is 0 Å². The van der Waals surface area contributed by atoms with E-state index in [2.05, 4.69) is 15.0 Å². The number of carboxylic acids is 1. The van der Waals surface area contributed by atoms with Crippen molar-refractivity contribution in [2.24, 2.45) is 0 Å². The number of aliphatic carboxylic acids is 1. The molecule has 1 saturated heterocycles. The van der Waals surface area contributed by atoms with Gasteiger partial charge in [-0.1, -0.05) is 6.07 Å². The topological polar surface area (TPSA) is 101 Å². The molecule has 3 heterocycles. The summed E-state index contributed by atoms with van der Waals surface area (Å²) in [5.41, 5.74) is 0.644. The van der Waals surface area contributed by atoms with Crippen LogP contribution in [0.15, 0.2) is 49.3 Å². The highest BCUT2D eigenvalue weighted by atomic mass is 16.4. The minimum absolute atomic E-state index is 0.152. The summed E-state index contributed by atoms with van der Waals surface area (Å²) >= 11 is 0. The van der Waals surface area contributed by atoms with Gasteiger partial charge in [-0.3, -0.25) is 14.8 Å². The molecule has 1 aliphatic rings. The summed E-state index contributed by atoms with van der Waals surface area (Å²) < 4.78 is 1.63. The van der Waals surface area contributed by atoms with Crippen molar-refractivity contribution in [2.75, 3.05) is 13.1 Å². The molecule has 8 nitrogen and oxygen atoms in total. The van der Waals surface area contributed by atoms with Crippen molar-refractivity contribution in [3.05, 3.63) is 54.9 Å². The van der Waals surface area contributed by atoms with Crippen molar-refractivity contribution < 1.29 is 14.7 Å². The molecule has 3 aromatic rings. The SMILES string of the molecule is O=C(c1cccc2nccnc12)N1CCC(C(=O)O)(n2ccnc2)CC1. The zero-order valence-electron chi connectivity index (χ0n) is 13.9. The number of piperidine rings is 1. The van der Waals surface area contributed by atoms with Crippen LogP contribution < -0.4 is 0 Å². The van der Waals surface area contributed by atoms with Gasteiger partial charge in [0.1, 0.15) is 11.1 Å². The molecule has 0 spiro atoms. The molecule has 0 bridgehead atoms. The smallest absolute Gasteiger partial charge is 0.330 e. The van der Waals surface area contributed by atoms with Gasteiger partial charge in [-0.2, -0.15) is 0 Å². The van der Waals surface area contributed by atoms with Crippen LogP contribution in [0.25, 0.3) is 11.0 Å². The number of carboxylic acid groups (broad SMARTS) is 1. The summed E-state index contributed by atoms with van der Waals surface area (Å²) in [6.07, 6.45) is 8.53. The van der Waals surface area contributed by atoms with Gasteiger partial charge in [0.05, 0.1) is 17.4 Å². The van der Waals surface area contributed by atoms with Crippen LogP contribution in [-0.2, 0) is 10.3 Å². The lowest BCUT2D eigenvalue weighted by molar-refractivity contribution is -0.150. The molecule has 4 rings (SSSR count). The quantitative estimate of drug-likeness (QED) is 0.768. The third kappa shape index (κ3) is 2.50. The Hall–Kier alpha value is -3.29. The molecule has 132 valence electrons. The molecule has 1 aliphatic heterocycles. The second-order valence-corrected chi connectivity index (χ2v) is 6.33. The molecule has 0 saturated carbocycles. The van der Waals surface area contributed by atoms with Gasteiger partial charge in [0, 0.05) is 37.9 Å². The number of likely N-dealkylation sites (tertiary alicyclic amines) is 1. The number of amides is 1. The lowest BCUT2D eigenvalue weighted by Crippen LogP contribution is -2.52. The van der Waals surface area contributed by atoms with Crippen LogP contribution in [0.1, 0.15) is 23.2 Å². The van der Waals surface area contributed by atoms with Crippen molar-refractivity contribution in [1.82, 2.24) is 24.4 Å². The first-order chi connectivity index (χ1) is 12.6. The van der Waals surface area contributed by atoms with E-state index in [1.54, 1.807) is 46.4 Å². The van der Waals surface area contributed by atoms with Crippen molar-refractivity contribution in [3.63, 3.8) is 0 Å². The first-order valence-corrected chi connectivity index (χ1v) is 8.33. The Kier molecular flexibility index (Phi) is 3.87. The Morgan fingerprint density at radius 2 is 1.85 bits per heavy atom. The molecule has 0 radical (unpaired) electrons. The Morgan fingerprint density at radius 3 is 2.54 bits per heavy atom. The predicted molar refractivity (Wildman–Crippen MR) is 92.5 cm³/mol. The normalized spacial score (nSPS) is 16.5. The van der Waals surface area contributed by atoms with Crippen LogP contribution in [0.2, 0.25) is 0 Å². The monoisotopic (exact) mass is 351 g/mol. The molecule has 1 aromatic carbocycles. The van der Waals surface area contributed by atoms with Crippen molar-refractivity contribution in [3.8, 4) is 0 Å². The van der Waals surface area contributed by atoms with Gasteiger partial charge in [0.25, 0.3) is 5.91 Å². The summed E-state index contributed by atoms with van der Waals surface area (Å²) in [4.78, 5) is 39.1. The number of fused-ring (bicyclic) bond motifs is 1. The van der Waals surface area contributed by atoms with Gasteiger partial charge in [0.2, 0.25) is 0 Å². The van der Waals surface area contributed by atoms with Gasteiger partial charge in [-0.25, -0.2) is 9.78 Å². The van der Waals surface area contributed by atoms with E-state index in [0.29, 0.717) is 42.5 Å². The molecule has 1 N–H and O–H groups in total. The molecular formula is C18H17N5O3. The van der Waals surface area contributed by atoms with E-state index in [9.17, 15) is 14.7 Å². The fourth-order valence-corrected chi connectivity index (χ4v) is 3.51. The minimum atomic E-state index is -1.06. The average molecular weight is 351 g/mol. The Balaban J connectivity index is 1.60. The van der Waals surface area contributed by atoms with Crippen LogP contribution >= 0.6 is 0 Å². The maximum Gasteiger partial charge on any atom is 0.330 e. The van der Waals surface area contributed by atoms with Crippen LogP contribution in [0, 0.1) is 0 Å². The lowest BCUT2D eigenvalue weighted by atomic mass is 9.87. The molecule has 8 heteroatoms. The van der Waals surface area contributed by atoms with Gasteiger partial charge >= 0.3 is 5.97 Å². The third-order valence-corrected chi connectivity index (χ3v) is 5.00. The number of para-hydroxylation sites is 1. The molecule has 1 amide bonds. The van der Waals surface area contributed by atoms with E-state index < -0.39 is 11.5 Å². The summed E-state index contributed by atoms with van der Waals surface area (Å²) in [6, 6.07) is 5.32. The number of carbonyl (C=O) groups excluding carboxylic acids is 1. The first-order valence-electron chi connectivity index (χ1n) is 8.33. The molecular weight excluding hydrogens is 334 g/mol. The number of rotatable bonds is 3. The third-order valence-electron chi connectivity index (χ3n) is 5.00. The van der Waals surface area contributed by atoms with Gasteiger partial charge in [-0.15, -0.1) is 0 Å². The predicted octanol–water partition coefficient (Wildman–Crippen LogP) is 1.54. The summed E-state index contributed by atoms with van der Waals surface area (Å²) in [5, 5.41) is 9.77. The fourth-order valence-electron chi connectivity index (χ4n) is 3.51. The largest absolute Gasteiger partial charge is 0.479 e. The van der Waals surface area contributed by atoms with E-state index in [1.165, 1.54) is 6.33 Å². The molecule has 0 aliphatic carbocycles. The Bertz CT molecular complexity index is 957. The van der Waals surface area contributed by atoms with Crippen LogP contribution in [0.5, 0.6) is 0 Å². The number of imidazole rings is 1. The zero-order valence-corrected chi connectivity index (χ0v) is 13.9. The average Bonchev–Trinajstić information content (AvgIpc) is 3.22. The number of hydrogen-bond donors (Lipinski definition) is 1. The summed E-state index contributed by atoms with van der Waals surface area (Å²) in [5.74, 6) is -1.06. The second-order valence-electron chi connectivity index (χ2n) is 6.33. The number of aromatic nitrogens is 4. The molecule has 1 fully saturated rings. The number of carbonyl (C=O) groups is 2. The first kappa shape index (κ1) is 16.2. The lowest BCUT2D eigenvalue weighted by Gasteiger charge is -2.39. The standard InChI is InChI=1S/C18H17N5O3/c24-16(13-2-1-3-14-15(13)21-7-6-20-14)22-9-4-18(5-10-22,17(25)26)23-11-8-19-12-23/h1-3,6-8,11-12H,4-5,9-10H2,(H,25,26). The molecule has 2 aromatic heterocycles. The van der Waals surface area contributed by atoms with Gasteiger partial charge < -0.3 is 14.6 Å². The summed E-state index contributed by atoms with van der Waals surface area (Å²) in [7, 11) is 0. The molecule has 26 heavy (non-hydrogen) atoms. The Morgan fingerprint density at radius 1 is 1.08 bits per heavy atom. The number of hydrogen-bond acceptors (Lipinski definition) is 5. The van der Waals surface area contributed by atoms with Crippen molar-refractivity contribution >= 4 is 22.9 Å². The fraction of sp³-hybridized carbons (Fsp3) is 0.278. The number of benzene rings is 1. The number of nitrogens with zero attached hydrogens (tertiary/aromatic N) is 5. The van der Waals surface area contributed by atoms with Gasteiger partial charge in [0.15, 0.2) is 0 Å². The maximum absolute atomic E-state index is 13.0. The van der Waals surface area contributed by atoms with Crippen molar-refractivity contribution in [2.45, 2.75) is 18.4 Å². The highest BCUT2D eigenvalue weighted by molar-refractivity contribution is 6.04. The minimum Gasteiger partial charge on any atom is -0.479 e. The molecule has 0 unspecified atom stereocenters. The van der Waals surface area contributed by atoms with E-state index in [4.69, 9.17) is 0 Å². The van der Waals surface area contributed by atoms with E-state index in [-0.39, 0.29) is 5.91 Å². The van der Waals surface area contributed by atoms with Crippen LogP contribution in [0.3, 0.4) is 0 Å². The second kappa shape index (κ2) is 6.21. The molecule has 0 atom stereocenters. The van der Waals surface area contributed by atoms with Crippen molar-refractivity contribution in [1.29, 1.82) is 0 Å².